The summed E-state index contributed by atoms with van der Waals surface area (Å²) in [5.41, 5.74) is 10.5. The number of aryl methyl sites for hydroxylation is 1. The maximum atomic E-state index is 11.5. The molecule has 25 heavy (non-hydrogen) atoms. The third kappa shape index (κ3) is 2.12. The Hall–Kier alpha value is -2.93. The Morgan fingerprint density at radius 1 is 1.40 bits per heavy atom. The highest BCUT2D eigenvalue weighted by Gasteiger charge is 2.44. The van der Waals surface area contributed by atoms with Crippen LogP contribution in [0.4, 0.5) is 0 Å². The van der Waals surface area contributed by atoms with Gasteiger partial charge in [0.2, 0.25) is 5.91 Å². The molecule has 7 heteroatoms. The van der Waals surface area contributed by atoms with E-state index in [1.165, 1.54) is 0 Å². The number of fused-ring (bicyclic) bond motifs is 3. The summed E-state index contributed by atoms with van der Waals surface area (Å²) in [6, 6.07) is 2.12. The predicted octanol–water partition coefficient (Wildman–Crippen LogP) is 1.62. The summed E-state index contributed by atoms with van der Waals surface area (Å²) < 4.78 is 7.66. The highest BCUT2D eigenvalue weighted by atomic mass is 16.5. The Labute approximate surface area is 143 Å². The van der Waals surface area contributed by atoms with E-state index in [4.69, 9.17) is 10.5 Å². The monoisotopic (exact) mass is 335 g/mol. The molecule has 2 aliphatic heterocycles. The molecule has 3 aromatic heterocycles. The molecule has 2 aliphatic rings. The number of hydrogen-bond donors (Lipinski definition) is 2. The number of carbonyl (C=O) groups is 1. The van der Waals surface area contributed by atoms with Crippen LogP contribution in [0.15, 0.2) is 36.9 Å². The van der Waals surface area contributed by atoms with Crippen molar-refractivity contribution in [2.24, 2.45) is 18.7 Å². The topological polar surface area (TPSA) is 98.8 Å². The van der Waals surface area contributed by atoms with Crippen LogP contribution in [-0.2, 0) is 16.6 Å². The maximum Gasteiger partial charge on any atom is 0.223 e. The average molecular weight is 335 g/mol. The van der Waals surface area contributed by atoms with Gasteiger partial charge in [-0.2, -0.15) is 5.10 Å². The van der Waals surface area contributed by atoms with E-state index in [1.54, 1.807) is 4.68 Å². The van der Waals surface area contributed by atoms with Crippen molar-refractivity contribution in [3.63, 3.8) is 0 Å². The fourth-order valence-corrected chi connectivity index (χ4v) is 3.87. The highest BCUT2D eigenvalue weighted by molar-refractivity contribution is 5.95. The lowest BCUT2D eigenvalue weighted by molar-refractivity contribution is -0.122. The van der Waals surface area contributed by atoms with Gasteiger partial charge in [0.1, 0.15) is 5.65 Å². The number of hydrogen-bond acceptors (Lipinski definition) is 4. The van der Waals surface area contributed by atoms with Crippen molar-refractivity contribution >= 4 is 22.5 Å². The zero-order valence-corrected chi connectivity index (χ0v) is 13.6. The Bertz CT molecular complexity index is 1030. The lowest BCUT2D eigenvalue weighted by atomic mass is 9.86. The van der Waals surface area contributed by atoms with Gasteiger partial charge in [-0.3, -0.25) is 9.48 Å². The van der Waals surface area contributed by atoms with Crippen molar-refractivity contribution in [2.45, 2.75) is 18.6 Å². The fourth-order valence-electron chi connectivity index (χ4n) is 3.87. The minimum Gasteiger partial charge on any atom is -0.369 e. The quantitative estimate of drug-likeness (QED) is 0.760. The number of pyridine rings is 1. The summed E-state index contributed by atoms with van der Waals surface area (Å²) >= 11 is 0. The van der Waals surface area contributed by atoms with Gasteiger partial charge in [-0.25, -0.2) is 4.98 Å². The van der Waals surface area contributed by atoms with Crippen molar-refractivity contribution in [1.82, 2.24) is 19.7 Å². The number of carbonyl (C=O) groups excluding carboxylic acids is 1. The van der Waals surface area contributed by atoms with Gasteiger partial charge >= 0.3 is 0 Å². The molecule has 0 spiro atoms. The molecule has 5 rings (SSSR count). The van der Waals surface area contributed by atoms with Crippen molar-refractivity contribution < 1.29 is 9.53 Å². The lowest BCUT2D eigenvalue weighted by Gasteiger charge is -2.15. The van der Waals surface area contributed by atoms with E-state index < -0.39 is 0 Å². The number of nitrogens with one attached hydrogen (secondary N) is 1. The summed E-state index contributed by atoms with van der Waals surface area (Å²) in [5, 5.41) is 5.28. The molecule has 3 atom stereocenters. The molecule has 0 aromatic carbocycles. The molecule has 5 heterocycles. The number of aromatic amines is 1. The number of rotatable bonds is 3. The molecule has 3 aromatic rings. The lowest BCUT2D eigenvalue weighted by Crippen LogP contribution is -2.30. The smallest absolute Gasteiger partial charge is 0.223 e. The fraction of sp³-hybridized carbons (Fsp3) is 0.278. The van der Waals surface area contributed by atoms with E-state index in [9.17, 15) is 4.79 Å². The summed E-state index contributed by atoms with van der Waals surface area (Å²) in [6.07, 6.45) is 9.99. The average Bonchev–Trinajstić information content (AvgIpc) is 3.36. The standard InChI is InChI=1S/C18H17N5O2/c1-23-8-10(6-22-23)14-7-21-18-12(14)2-9(5-20-18)11-3-16-13(17(19)24)4-15(11)25-16/h2-3,5-8,13,15-16H,4H2,1H3,(H2,19,24)(H,20,21). The number of primary amides is 1. The molecular weight excluding hydrogens is 318 g/mol. The molecule has 1 fully saturated rings. The molecule has 3 unspecified atom stereocenters. The first-order chi connectivity index (χ1) is 12.1. The first kappa shape index (κ1) is 14.4. The van der Waals surface area contributed by atoms with Gasteiger partial charge in [-0.1, -0.05) is 0 Å². The van der Waals surface area contributed by atoms with Gasteiger partial charge in [-0.15, -0.1) is 0 Å². The zero-order valence-electron chi connectivity index (χ0n) is 13.6. The van der Waals surface area contributed by atoms with Gasteiger partial charge in [0.25, 0.3) is 0 Å². The molecule has 2 bridgehead atoms. The zero-order chi connectivity index (χ0) is 17.1. The Kier molecular flexibility index (Phi) is 2.90. The van der Waals surface area contributed by atoms with E-state index in [2.05, 4.69) is 21.1 Å². The van der Waals surface area contributed by atoms with Crippen LogP contribution < -0.4 is 5.73 Å². The van der Waals surface area contributed by atoms with Crippen LogP contribution in [0.5, 0.6) is 0 Å². The molecular formula is C18H17N5O2. The summed E-state index contributed by atoms with van der Waals surface area (Å²) in [4.78, 5) is 19.2. The number of ether oxygens (including phenoxy) is 1. The van der Waals surface area contributed by atoms with Crippen LogP contribution in [0.3, 0.4) is 0 Å². The number of nitrogens with two attached hydrogens (primary N) is 1. The normalized spacial score (nSPS) is 24.8. The molecule has 1 saturated heterocycles. The molecule has 0 saturated carbocycles. The van der Waals surface area contributed by atoms with Gasteiger partial charge in [0.05, 0.1) is 24.3 Å². The van der Waals surface area contributed by atoms with Crippen LogP contribution in [0.25, 0.3) is 27.7 Å². The summed E-state index contributed by atoms with van der Waals surface area (Å²) in [7, 11) is 1.90. The number of nitrogens with zero attached hydrogens (tertiary/aromatic N) is 3. The van der Waals surface area contributed by atoms with Gasteiger partial charge in [0.15, 0.2) is 0 Å². The van der Waals surface area contributed by atoms with Crippen LogP contribution in [0.1, 0.15) is 12.0 Å². The van der Waals surface area contributed by atoms with E-state index in [1.807, 2.05) is 37.9 Å². The Balaban J connectivity index is 1.57. The second kappa shape index (κ2) is 5.03. The van der Waals surface area contributed by atoms with E-state index >= 15 is 0 Å². The van der Waals surface area contributed by atoms with Crippen LogP contribution in [0, 0.1) is 5.92 Å². The minimum absolute atomic E-state index is 0.0810. The van der Waals surface area contributed by atoms with Crippen LogP contribution in [0.2, 0.25) is 0 Å². The van der Waals surface area contributed by atoms with Crippen LogP contribution in [-0.4, -0.2) is 37.9 Å². The largest absolute Gasteiger partial charge is 0.369 e. The molecule has 0 radical (unpaired) electrons. The first-order valence-corrected chi connectivity index (χ1v) is 8.23. The van der Waals surface area contributed by atoms with Gasteiger partial charge < -0.3 is 15.5 Å². The third-order valence-electron chi connectivity index (χ3n) is 5.12. The van der Waals surface area contributed by atoms with Crippen molar-refractivity contribution in [3.8, 4) is 11.1 Å². The molecule has 7 nitrogen and oxygen atoms in total. The Morgan fingerprint density at radius 2 is 2.28 bits per heavy atom. The van der Waals surface area contributed by atoms with Crippen molar-refractivity contribution in [2.75, 3.05) is 0 Å². The minimum atomic E-state index is -0.291. The van der Waals surface area contributed by atoms with Crippen molar-refractivity contribution in [3.05, 3.63) is 42.5 Å². The number of H-pyrrole nitrogens is 1. The predicted molar refractivity (Wildman–Crippen MR) is 92.2 cm³/mol. The second-order valence-electron chi connectivity index (χ2n) is 6.68. The van der Waals surface area contributed by atoms with Crippen LogP contribution >= 0.6 is 0 Å². The molecule has 126 valence electrons. The maximum absolute atomic E-state index is 11.5. The first-order valence-electron chi connectivity index (χ1n) is 8.23. The van der Waals surface area contributed by atoms with Gasteiger partial charge in [0, 0.05) is 42.2 Å². The summed E-state index contributed by atoms with van der Waals surface area (Å²) in [6.45, 7) is 0. The molecule has 1 amide bonds. The molecule has 0 aliphatic carbocycles. The number of amides is 1. The number of aromatic nitrogens is 4. The SMILES string of the molecule is Cn1cc(-c2c[nH]c3ncc(C4=CC5OC4CC5C(N)=O)cc23)cn1. The second-order valence-corrected chi connectivity index (χ2v) is 6.68. The van der Waals surface area contributed by atoms with E-state index in [0.29, 0.717) is 6.42 Å². The van der Waals surface area contributed by atoms with Gasteiger partial charge in [-0.05, 0) is 29.7 Å². The van der Waals surface area contributed by atoms with E-state index in [0.717, 1.165) is 33.3 Å². The molecule has 3 N–H and O–H groups in total. The third-order valence-corrected chi connectivity index (χ3v) is 5.12. The Morgan fingerprint density at radius 3 is 2.96 bits per heavy atom. The summed E-state index contributed by atoms with van der Waals surface area (Å²) in [5.74, 6) is -0.510. The van der Waals surface area contributed by atoms with E-state index in [-0.39, 0.29) is 24.0 Å². The highest BCUT2D eigenvalue weighted by Crippen LogP contribution is 2.43. The van der Waals surface area contributed by atoms with Crippen molar-refractivity contribution in [1.29, 1.82) is 0 Å².